The number of likely N-dealkylation sites (tertiary alicyclic amines) is 1. The third kappa shape index (κ3) is 4.42. The summed E-state index contributed by atoms with van der Waals surface area (Å²) >= 11 is 0. The summed E-state index contributed by atoms with van der Waals surface area (Å²) in [5.74, 6) is 0. The fourth-order valence-corrected chi connectivity index (χ4v) is 2.53. The van der Waals surface area contributed by atoms with Gasteiger partial charge >= 0.3 is 0 Å². The maximum atomic E-state index is 5.86. The SMILES string of the molecule is CCCO[C@H]1CCCN(CCCn2cccn2)C1. The number of aromatic nitrogens is 2. The molecule has 1 aromatic rings. The lowest BCUT2D eigenvalue weighted by atomic mass is 10.1. The zero-order chi connectivity index (χ0) is 12.6. The molecule has 0 amide bonds. The van der Waals surface area contributed by atoms with Gasteiger partial charge in [0.15, 0.2) is 0 Å². The molecule has 0 aliphatic carbocycles. The van der Waals surface area contributed by atoms with Gasteiger partial charge in [-0.1, -0.05) is 6.92 Å². The van der Waals surface area contributed by atoms with Crippen molar-refractivity contribution < 1.29 is 4.74 Å². The van der Waals surface area contributed by atoms with Crippen LogP contribution in [0.25, 0.3) is 0 Å². The topological polar surface area (TPSA) is 30.3 Å². The van der Waals surface area contributed by atoms with Crippen molar-refractivity contribution in [3.05, 3.63) is 18.5 Å². The van der Waals surface area contributed by atoms with Crippen LogP contribution in [0.1, 0.15) is 32.6 Å². The Morgan fingerprint density at radius 2 is 2.33 bits per heavy atom. The van der Waals surface area contributed by atoms with E-state index in [4.69, 9.17) is 4.74 Å². The van der Waals surface area contributed by atoms with Crippen molar-refractivity contribution in [1.82, 2.24) is 14.7 Å². The molecule has 4 nitrogen and oxygen atoms in total. The molecule has 1 aliphatic heterocycles. The fraction of sp³-hybridized carbons (Fsp3) is 0.786. The molecule has 18 heavy (non-hydrogen) atoms. The van der Waals surface area contributed by atoms with Crippen LogP contribution in [-0.4, -0.2) is 47.0 Å². The maximum absolute atomic E-state index is 5.86. The van der Waals surface area contributed by atoms with Gasteiger partial charge in [0.2, 0.25) is 0 Å². The average Bonchev–Trinajstić information content (AvgIpc) is 2.90. The molecule has 1 aromatic heterocycles. The van der Waals surface area contributed by atoms with Crippen molar-refractivity contribution in [2.45, 2.75) is 45.3 Å². The van der Waals surface area contributed by atoms with Gasteiger partial charge in [-0.15, -0.1) is 0 Å². The predicted octanol–water partition coefficient (Wildman–Crippen LogP) is 2.16. The minimum atomic E-state index is 0.461. The number of hydrogen-bond acceptors (Lipinski definition) is 3. The van der Waals surface area contributed by atoms with Crippen LogP contribution in [0.4, 0.5) is 0 Å². The summed E-state index contributed by atoms with van der Waals surface area (Å²) in [6.45, 7) is 7.59. The van der Waals surface area contributed by atoms with Gasteiger partial charge < -0.3 is 9.64 Å². The molecule has 0 saturated carbocycles. The lowest BCUT2D eigenvalue weighted by Crippen LogP contribution is -2.40. The molecule has 0 N–H and O–H groups in total. The number of hydrogen-bond donors (Lipinski definition) is 0. The van der Waals surface area contributed by atoms with Crippen LogP contribution >= 0.6 is 0 Å². The van der Waals surface area contributed by atoms with E-state index in [0.717, 1.165) is 32.7 Å². The van der Waals surface area contributed by atoms with Crippen molar-refractivity contribution in [3.8, 4) is 0 Å². The second kappa shape index (κ2) is 7.54. The third-order valence-corrected chi connectivity index (χ3v) is 3.44. The monoisotopic (exact) mass is 251 g/mol. The zero-order valence-electron chi connectivity index (χ0n) is 11.4. The molecule has 0 unspecified atom stereocenters. The molecule has 0 spiro atoms. The maximum Gasteiger partial charge on any atom is 0.0702 e. The molecule has 0 aromatic carbocycles. The van der Waals surface area contributed by atoms with E-state index in [1.807, 2.05) is 23.1 Å². The molecular weight excluding hydrogens is 226 g/mol. The summed E-state index contributed by atoms with van der Waals surface area (Å²) in [7, 11) is 0. The zero-order valence-corrected chi connectivity index (χ0v) is 11.4. The molecule has 4 heteroatoms. The van der Waals surface area contributed by atoms with Crippen molar-refractivity contribution in [2.24, 2.45) is 0 Å². The number of nitrogens with zero attached hydrogens (tertiary/aromatic N) is 3. The Morgan fingerprint density at radius 3 is 3.11 bits per heavy atom. The first-order chi connectivity index (χ1) is 8.88. The van der Waals surface area contributed by atoms with Gasteiger partial charge in [0.05, 0.1) is 6.10 Å². The average molecular weight is 251 g/mol. The van der Waals surface area contributed by atoms with Crippen molar-refractivity contribution in [2.75, 3.05) is 26.2 Å². The van der Waals surface area contributed by atoms with Crippen LogP contribution in [0.3, 0.4) is 0 Å². The summed E-state index contributed by atoms with van der Waals surface area (Å²) in [5, 5.41) is 4.23. The molecule has 2 rings (SSSR count). The molecule has 1 saturated heterocycles. The first kappa shape index (κ1) is 13.6. The molecule has 102 valence electrons. The van der Waals surface area contributed by atoms with Crippen molar-refractivity contribution in [3.63, 3.8) is 0 Å². The van der Waals surface area contributed by atoms with Crippen LogP contribution in [0, 0.1) is 0 Å². The summed E-state index contributed by atoms with van der Waals surface area (Å²) in [6, 6.07) is 1.98. The van der Waals surface area contributed by atoms with E-state index in [9.17, 15) is 0 Å². The van der Waals surface area contributed by atoms with Crippen LogP contribution < -0.4 is 0 Å². The quantitative estimate of drug-likeness (QED) is 0.744. The fourth-order valence-electron chi connectivity index (χ4n) is 2.53. The molecule has 1 atom stereocenters. The minimum Gasteiger partial charge on any atom is -0.377 e. The number of ether oxygens (including phenoxy) is 1. The highest BCUT2D eigenvalue weighted by molar-refractivity contribution is 4.78. The van der Waals surface area contributed by atoms with Gasteiger partial charge in [0.25, 0.3) is 0 Å². The van der Waals surface area contributed by atoms with E-state index < -0.39 is 0 Å². The van der Waals surface area contributed by atoms with Crippen LogP contribution in [0.2, 0.25) is 0 Å². The lowest BCUT2D eigenvalue weighted by molar-refractivity contribution is -0.000511. The number of rotatable bonds is 7. The van der Waals surface area contributed by atoms with Gasteiger partial charge in [0.1, 0.15) is 0 Å². The van der Waals surface area contributed by atoms with Gasteiger partial charge in [-0.25, -0.2) is 0 Å². The highest BCUT2D eigenvalue weighted by Gasteiger charge is 2.19. The molecule has 2 heterocycles. The van der Waals surface area contributed by atoms with E-state index >= 15 is 0 Å². The van der Waals surface area contributed by atoms with Gasteiger partial charge in [-0.2, -0.15) is 5.10 Å². The van der Waals surface area contributed by atoms with E-state index in [1.54, 1.807) is 0 Å². The highest BCUT2D eigenvalue weighted by Crippen LogP contribution is 2.13. The van der Waals surface area contributed by atoms with E-state index in [-0.39, 0.29) is 0 Å². The molecule has 1 aliphatic rings. The Hall–Kier alpha value is -0.870. The predicted molar refractivity (Wildman–Crippen MR) is 72.5 cm³/mol. The Morgan fingerprint density at radius 1 is 1.39 bits per heavy atom. The van der Waals surface area contributed by atoms with Crippen LogP contribution in [-0.2, 0) is 11.3 Å². The minimum absolute atomic E-state index is 0.461. The summed E-state index contributed by atoms with van der Waals surface area (Å²) in [6.07, 6.45) is 9.13. The van der Waals surface area contributed by atoms with Crippen molar-refractivity contribution in [1.29, 1.82) is 0 Å². The molecule has 0 radical (unpaired) electrons. The van der Waals surface area contributed by atoms with Crippen LogP contribution in [0.15, 0.2) is 18.5 Å². The summed E-state index contributed by atoms with van der Waals surface area (Å²) in [5.41, 5.74) is 0. The number of piperidine rings is 1. The van der Waals surface area contributed by atoms with Gasteiger partial charge in [-0.05, 0) is 44.8 Å². The first-order valence-electron chi connectivity index (χ1n) is 7.20. The Balaban J connectivity index is 1.63. The van der Waals surface area contributed by atoms with Gasteiger partial charge in [-0.3, -0.25) is 4.68 Å². The van der Waals surface area contributed by atoms with E-state index in [2.05, 4.69) is 16.9 Å². The molecule has 0 bridgehead atoms. The first-order valence-corrected chi connectivity index (χ1v) is 7.20. The second-order valence-corrected chi connectivity index (χ2v) is 5.06. The van der Waals surface area contributed by atoms with Crippen LogP contribution in [0.5, 0.6) is 0 Å². The summed E-state index contributed by atoms with van der Waals surface area (Å²) in [4.78, 5) is 2.54. The number of aryl methyl sites for hydroxylation is 1. The Labute approximate surface area is 110 Å². The Bertz CT molecular complexity index is 313. The van der Waals surface area contributed by atoms with E-state index in [1.165, 1.54) is 25.8 Å². The molecule has 1 fully saturated rings. The van der Waals surface area contributed by atoms with Crippen molar-refractivity contribution >= 4 is 0 Å². The smallest absolute Gasteiger partial charge is 0.0702 e. The lowest BCUT2D eigenvalue weighted by Gasteiger charge is -2.32. The summed E-state index contributed by atoms with van der Waals surface area (Å²) < 4.78 is 7.86. The third-order valence-electron chi connectivity index (χ3n) is 3.44. The molecular formula is C14H25N3O. The largest absolute Gasteiger partial charge is 0.377 e. The Kier molecular flexibility index (Phi) is 5.68. The van der Waals surface area contributed by atoms with Gasteiger partial charge in [0, 0.05) is 32.1 Å². The second-order valence-electron chi connectivity index (χ2n) is 5.06. The normalized spacial score (nSPS) is 21.3. The standard InChI is InChI=1S/C14H25N3O/c1-2-12-18-14-6-3-8-16(13-14)9-5-11-17-10-4-7-15-17/h4,7,10,14H,2-3,5-6,8-9,11-13H2,1H3/t14-/m0/s1. The highest BCUT2D eigenvalue weighted by atomic mass is 16.5. The van der Waals surface area contributed by atoms with E-state index in [0.29, 0.717) is 6.10 Å².